The molecule has 0 aliphatic carbocycles. The lowest BCUT2D eigenvalue weighted by molar-refractivity contribution is -0.116. The number of anilines is 2. The van der Waals surface area contributed by atoms with Crippen LogP contribution in [0.3, 0.4) is 0 Å². The fourth-order valence-electron chi connectivity index (χ4n) is 2.12. The third-order valence-electron chi connectivity index (χ3n) is 3.24. The molecule has 2 aromatic carbocycles. The molecular formula is C16H15ClN2O3. The van der Waals surface area contributed by atoms with Gasteiger partial charge in [-0.1, -0.05) is 17.7 Å². The van der Waals surface area contributed by atoms with Crippen molar-refractivity contribution in [1.82, 2.24) is 0 Å². The third kappa shape index (κ3) is 3.26. The number of hydrogen-bond donors (Lipinski definition) is 2. The fourth-order valence-corrected chi connectivity index (χ4v) is 2.31. The fraction of sp³-hybridized carbons (Fsp3) is 0.188. The number of benzene rings is 2. The van der Waals surface area contributed by atoms with Crippen molar-refractivity contribution in [1.29, 1.82) is 0 Å². The summed E-state index contributed by atoms with van der Waals surface area (Å²) in [6.45, 7) is 2.01. The van der Waals surface area contributed by atoms with E-state index in [1.807, 2.05) is 18.2 Å². The van der Waals surface area contributed by atoms with E-state index in [0.717, 1.165) is 5.69 Å². The molecule has 5 nitrogen and oxygen atoms in total. The number of halogens is 1. The van der Waals surface area contributed by atoms with Gasteiger partial charge in [-0.3, -0.25) is 4.79 Å². The summed E-state index contributed by atoms with van der Waals surface area (Å²) in [5, 5.41) is 6.52. The molecule has 2 aromatic rings. The number of ether oxygens (including phenoxy) is 2. The summed E-state index contributed by atoms with van der Waals surface area (Å²) in [7, 11) is 0. The Hall–Kier alpha value is -2.40. The van der Waals surface area contributed by atoms with Crippen LogP contribution < -0.4 is 20.1 Å². The van der Waals surface area contributed by atoms with Crippen LogP contribution >= 0.6 is 11.6 Å². The molecule has 0 saturated carbocycles. The summed E-state index contributed by atoms with van der Waals surface area (Å²) >= 11 is 5.90. The van der Waals surface area contributed by atoms with E-state index in [1.165, 1.54) is 0 Å². The Morgan fingerprint density at radius 2 is 1.95 bits per heavy atom. The number of fused-ring (bicyclic) bond motifs is 1. The SMILES string of the molecule is C[C@@H](Nc1ccc2c(c1)OCO2)C(=O)Nc1cccc(Cl)c1. The van der Waals surface area contributed by atoms with Crippen LogP contribution in [0.4, 0.5) is 11.4 Å². The topological polar surface area (TPSA) is 59.6 Å². The van der Waals surface area contributed by atoms with Crippen LogP contribution in [0.1, 0.15) is 6.92 Å². The Labute approximate surface area is 133 Å². The molecule has 0 spiro atoms. The Kier molecular flexibility index (Phi) is 4.06. The van der Waals surface area contributed by atoms with Crippen molar-refractivity contribution in [3.8, 4) is 11.5 Å². The number of carbonyl (C=O) groups is 1. The van der Waals surface area contributed by atoms with Gasteiger partial charge in [-0.05, 0) is 37.3 Å². The predicted octanol–water partition coefficient (Wildman–Crippen LogP) is 3.51. The zero-order chi connectivity index (χ0) is 15.5. The maximum atomic E-state index is 12.2. The maximum Gasteiger partial charge on any atom is 0.246 e. The molecule has 114 valence electrons. The van der Waals surface area contributed by atoms with Crippen molar-refractivity contribution in [2.75, 3.05) is 17.4 Å². The first-order chi connectivity index (χ1) is 10.6. The average Bonchev–Trinajstić information content (AvgIpc) is 2.94. The van der Waals surface area contributed by atoms with Crippen molar-refractivity contribution in [3.05, 3.63) is 47.5 Å². The summed E-state index contributed by atoms with van der Waals surface area (Å²) in [4.78, 5) is 12.2. The van der Waals surface area contributed by atoms with Gasteiger partial charge in [0.05, 0.1) is 0 Å². The quantitative estimate of drug-likeness (QED) is 0.905. The summed E-state index contributed by atoms with van der Waals surface area (Å²) in [6, 6.07) is 12.1. The summed E-state index contributed by atoms with van der Waals surface area (Å²) in [6.07, 6.45) is 0. The van der Waals surface area contributed by atoms with E-state index in [2.05, 4.69) is 10.6 Å². The van der Waals surface area contributed by atoms with Crippen LogP contribution in [-0.4, -0.2) is 18.7 Å². The van der Waals surface area contributed by atoms with Gasteiger partial charge in [-0.25, -0.2) is 0 Å². The lowest BCUT2D eigenvalue weighted by Crippen LogP contribution is -2.31. The zero-order valence-corrected chi connectivity index (χ0v) is 12.7. The third-order valence-corrected chi connectivity index (χ3v) is 3.48. The van der Waals surface area contributed by atoms with E-state index in [0.29, 0.717) is 22.2 Å². The second-order valence-electron chi connectivity index (χ2n) is 4.93. The van der Waals surface area contributed by atoms with Gasteiger partial charge in [0, 0.05) is 22.5 Å². The smallest absolute Gasteiger partial charge is 0.246 e. The van der Waals surface area contributed by atoms with Crippen LogP contribution in [0.5, 0.6) is 11.5 Å². The summed E-state index contributed by atoms with van der Waals surface area (Å²) in [5.41, 5.74) is 1.45. The first-order valence-corrected chi connectivity index (χ1v) is 7.22. The molecule has 1 amide bonds. The molecule has 0 aromatic heterocycles. The molecule has 1 heterocycles. The van der Waals surface area contributed by atoms with Crippen molar-refractivity contribution in [2.45, 2.75) is 13.0 Å². The summed E-state index contributed by atoms with van der Waals surface area (Å²) in [5.74, 6) is 1.23. The molecule has 0 bridgehead atoms. The van der Waals surface area contributed by atoms with Crippen molar-refractivity contribution < 1.29 is 14.3 Å². The van der Waals surface area contributed by atoms with E-state index < -0.39 is 6.04 Å². The molecule has 1 aliphatic rings. The minimum absolute atomic E-state index is 0.153. The number of hydrogen-bond acceptors (Lipinski definition) is 4. The van der Waals surface area contributed by atoms with E-state index in [9.17, 15) is 4.79 Å². The Morgan fingerprint density at radius 1 is 1.14 bits per heavy atom. The molecular weight excluding hydrogens is 304 g/mol. The minimum Gasteiger partial charge on any atom is -0.454 e. The maximum absolute atomic E-state index is 12.2. The second-order valence-corrected chi connectivity index (χ2v) is 5.37. The normalized spacial score (nSPS) is 13.5. The molecule has 2 N–H and O–H groups in total. The lowest BCUT2D eigenvalue weighted by Gasteiger charge is -2.15. The van der Waals surface area contributed by atoms with Crippen LogP contribution in [-0.2, 0) is 4.79 Å². The molecule has 22 heavy (non-hydrogen) atoms. The van der Waals surface area contributed by atoms with E-state index in [-0.39, 0.29) is 12.7 Å². The van der Waals surface area contributed by atoms with Gasteiger partial charge in [0.15, 0.2) is 11.5 Å². The largest absolute Gasteiger partial charge is 0.454 e. The van der Waals surface area contributed by atoms with Gasteiger partial charge in [0.25, 0.3) is 0 Å². The molecule has 0 radical (unpaired) electrons. The van der Waals surface area contributed by atoms with Gasteiger partial charge in [0.1, 0.15) is 6.04 Å². The Bertz CT molecular complexity index is 706. The zero-order valence-electron chi connectivity index (χ0n) is 11.9. The molecule has 3 rings (SSSR count). The van der Waals surface area contributed by atoms with Crippen LogP contribution in [0, 0.1) is 0 Å². The van der Waals surface area contributed by atoms with Crippen LogP contribution in [0.2, 0.25) is 5.02 Å². The van der Waals surface area contributed by atoms with Crippen molar-refractivity contribution >= 4 is 28.9 Å². The second kappa shape index (κ2) is 6.15. The molecule has 1 aliphatic heterocycles. The average molecular weight is 319 g/mol. The molecule has 1 atom stereocenters. The highest BCUT2D eigenvalue weighted by molar-refractivity contribution is 6.30. The van der Waals surface area contributed by atoms with Crippen molar-refractivity contribution in [3.63, 3.8) is 0 Å². The van der Waals surface area contributed by atoms with Crippen LogP contribution in [0.15, 0.2) is 42.5 Å². The van der Waals surface area contributed by atoms with Crippen LogP contribution in [0.25, 0.3) is 0 Å². The Balaban J connectivity index is 1.63. The minimum atomic E-state index is -0.417. The number of nitrogens with one attached hydrogen (secondary N) is 2. The monoisotopic (exact) mass is 318 g/mol. The van der Waals surface area contributed by atoms with Gasteiger partial charge >= 0.3 is 0 Å². The predicted molar refractivity (Wildman–Crippen MR) is 85.7 cm³/mol. The summed E-state index contributed by atoms with van der Waals surface area (Å²) < 4.78 is 10.6. The van der Waals surface area contributed by atoms with Gasteiger partial charge < -0.3 is 20.1 Å². The standard InChI is InChI=1S/C16H15ClN2O3/c1-10(16(20)19-12-4-2-3-11(17)7-12)18-13-5-6-14-15(8-13)22-9-21-14/h2-8,10,18H,9H2,1H3,(H,19,20)/t10-/m1/s1. The molecule has 0 unspecified atom stereocenters. The number of amides is 1. The highest BCUT2D eigenvalue weighted by Crippen LogP contribution is 2.34. The molecule has 6 heteroatoms. The van der Waals surface area contributed by atoms with E-state index >= 15 is 0 Å². The van der Waals surface area contributed by atoms with Gasteiger partial charge in [-0.15, -0.1) is 0 Å². The lowest BCUT2D eigenvalue weighted by atomic mass is 10.2. The number of rotatable bonds is 4. The first kappa shape index (κ1) is 14.5. The van der Waals surface area contributed by atoms with Gasteiger partial charge in [-0.2, -0.15) is 0 Å². The van der Waals surface area contributed by atoms with Crippen molar-refractivity contribution in [2.24, 2.45) is 0 Å². The van der Waals surface area contributed by atoms with E-state index in [4.69, 9.17) is 21.1 Å². The number of carbonyl (C=O) groups excluding carboxylic acids is 1. The van der Waals surface area contributed by atoms with Gasteiger partial charge in [0.2, 0.25) is 12.7 Å². The molecule has 0 saturated heterocycles. The van der Waals surface area contributed by atoms with E-state index in [1.54, 1.807) is 31.2 Å². The Morgan fingerprint density at radius 3 is 2.77 bits per heavy atom. The first-order valence-electron chi connectivity index (χ1n) is 6.84. The highest BCUT2D eigenvalue weighted by atomic mass is 35.5. The highest BCUT2D eigenvalue weighted by Gasteiger charge is 2.16. The molecule has 0 fully saturated rings.